The molecule has 0 bridgehead atoms. The van der Waals surface area contributed by atoms with Gasteiger partial charge in [0.1, 0.15) is 11.0 Å². The van der Waals surface area contributed by atoms with E-state index in [0.29, 0.717) is 6.54 Å². The Hall–Kier alpha value is -1.45. The maximum Gasteiger partial charge on any atom is 0.246 e. The van der Waals surface area contributed by atoms with Crippen molar-refractivity contribution in [2.45, 2.75) is 37.1 Å². The van der Waals surface area contributed by atoms with Crippen molar-refractivity contribution in [1.29, 1.82) is 5.26 Å². The van der Waals surface area contributed by atoms with Crippen LogP contribution in [-0.2, 0) is 10.0 Å². The van der Waals surface area contributed by atoms with Crippen LogP contribution in [-0.4, -0.2) is 30.3 Å². The summed E-state index contributed by atoms with van der Waals surface area (Å²) < 4.78 is 26.5. The summed E-state index contributed by atoms with van der Waals surface area (Å²) in [5.41, 5.74) is -0.0322. The smallest absolute Gasteiger partial charge is 0.244 e. The zero-order valence-corrected chi connectivity index (χ0v) is 11.0. The van der Waals surface area contributed by atoms with Crippen LogP contribution in [0, 0.1) is 11.3 Å². The molecule has 0 amide bonds. The fourth-order valence-corrected chi connectivity index (χ4v) is 4.03. The van der Waals surface area contributed by atoms with E-state index >= 15 is 0 Å². The van der Waals surface area contributed by atoms with Crippen LogP contribution in [0.4, 0.5) is 0 Å². The van der Waals surface area contributed by atoms with Crippen LogP contribution in [0.25, 0.3) is 0 Å². The lowest BCUT2D eigenvalue weighted by molar-refractivity contribution is 0.268. The molecule has 1 aliphatic rings. The fourth-order valence-electron chi connectivity index (χ4n) is 2.24. The second-order valence-corrected chi connectivity index (χ2v) is 6.28. The molecule has 5 nitrogen and oxygen atoms in total. The van der Waals surface area contributed by atoms with Gasteiger partial charge in [0, 0.05) is 18.8 Å². The molecule has 6 heteroatoms. The normalized spacial score (nSPS) is 21.4. The van der Waals surface area contributed by atoms with Gasteiger partial charge < -0.3 is 0 Å². The summed E-state index contributed by atoms with van der Waals surface area (Å²) in [5, 5.41) is 8.95. The Morgan fingerprint density at radius 3 is 2.94 bits per heavy atom. The standard InChI is InChI=1S/C12H15N3O2S/c1-10-5-2-3-8-15(10)18(16,17)12-6-4-7-14-11(12)9-13/h4,6-7,10H,2-3,5,8H2,1H3. The Morgan fingerprint density at radius 2 is 2.28 bits per heavy atom. The fraction of sp³-hybridized carbons (Fsp3) is 0.500. The largest absolute Gasteiger partial charge is 0.246 e. The van der Waals surface area contributed by atoms with Crippen molar-refractivity contribution < 1.29 is 8.42 Å². The SMILES string of the molecule is CC1CCCCN1S(=O)(=O)c1cccnc1C#N. The summed E-state index contributed by atoms with van der Waals surface area (Å²) in [6.07, 6.45) is 4.20. The molecule has 1 aliphatic heterocycles. The first kappa shape index (κ1) is 13.0. The van der Waals surface area contributed by atoms with Gasteiger partial charge in [0.05, 0.1) is 0 Å². The lowest BCUT2D eigenvalue weighted by Crippen LogP contribution is -2.42. The third-order valence-corrected chi connectivity index (χ3v) is 5.25. The molecule has 2 rings (SSSR count). The molecule has 1 atom stereocenters. The Balaban J connectivity index is 2.45. The predicted molar refractivity (Wildman–Crippen MR) is 66.2 cm³/mol. The van der Waals surface area contributed by atoms with Gasteiger partial charge in [0.25, 0.3) is 0 Å². The van der Waals surface area contributed by atoms with Crippen molar-refractivity contribution >= 4 is 10.0 Å². The van der Waals surface area contributed by atoms with E-state index in [1.165, 1.54) is 16.6 Å². The molecule has 1 unspecified atom stereocenters. The van der Waals surface area contributed by atoms with Gasteiger partial charge in [-0.15, -0.1) is 0 Å². The van der Waals surface area contributed by atoms with Gasteiger partial charge in [0.15, 0.2) is 5.69 Å². The van der Waals surface area contributed by atoms with E-state index in [0.717, 1.165) is 19.3 Å². The van der Waals surface area contributed by atoms with E-state index in [9.17, 15) is 8.42 Å². The molecule has 1 saturated heterocycles. The van der Waals surface area contributed by atoms with E-state index in [4.69, 9.17) is 5.26 Å². The predicted octanol–water partition coefficient (Wildman–Crippen LogP) is 1.52. The first-order chi connectivity index (χ1) is 8.57. The van der Waals surface area contributed by atoms with Crippen LogP contribution >= 0.6 is 0 Å². The number of hydrogen-bond donors (Lipinski definition) is 0. The molecule has 96 valence electrons. The van der Waals surface area contributed by atoms with Crippen LogP contribution < -0.4 is 0 Å². The van der Waals surface area contributed by atoms with Crippen molar-refractivity contribution in [1.82, 2.24) is 9.29 Å². The maximum absolute atomic E-state index is 12.5. The third kappa shape index (κ3) is 2.24. The molecular formula is C12H15N3O2S. The number of sulfonamides is 1. The van der Waals surface area contributed by atoms with Gasteiger partial charge in [-0.3, -0.25) is 0 Å². The van der Waals surface area contributed by atoms with Crippen molar-refractivity contribution in [3.63, 3.8) is 0 Å². The summed E-state index contributed by atoms with van der Waals surface area (Å²) >= 11 is 0. The Morgan fingerprint density at radius 1 is 1.50 bits per heavy atom. The number of aromatic nitrogens is 1. The molecule has 0 saturated carbocycles. The van der Waals surface area contributed by atoms with Gasteiger partial charge in [-0.1, -0.05) is 6.42 Å². The van der Waals surface area contributed by atoms with Crippen LogP contribution in [0.1, 0.15) is 31.9 Å². The number of piperidine rings is 1. The molecule has 18 heavy (non-hydrogen) atoms. The monoisotopic (exact) mass is 265 g/mol. The van der Waals surface area contributed by atoms with Crippen LogP contribution in [0.3, 0.4) is 0 Å². The van der Waals surface area contributed by atoms with E-state index in [-0.39, 0.29) is 16.6 Å². The Bertz CT molecular complexity index is 577. The second-order valence-electron chi connectivity index (χ2n) is 4.42. The maximum atomic E-state index is 12.5. The molecule has 1 aromatic rings. The van der Waals surface area contributed by atoms with Gasteiger partial charge in [-0.05, 0) is 31.9 Å². The molecule has 1 aromatic heterocycles. The molecule has 0 spiro atoms. The summed E-state index contributed by atoms with van der Waals surface area (Å²) in [4.78, 5) is 3.83. The first-order valence-electron chi connectivity index (χ1n) is 5.94. The van der Waals surface area contributed by atoms with E-state index in [1.807, 2.05) is 13.0 Å². The second kappa shape index (κ2) is 5.04. The van der Waals surface area contributed by atoms with Crippen LogP contribution in [0.2, 0.25) is 0 Å². The molecule has 2 heterocycles. The quantitative estimate of drug-likeness (QED) is 0.812. The minimum atomic E-state index is -3.61. The Kier molecular flexibility index (Phi) is 3.64. The topological polar surface area (TPSA) is 74.1 Å². The Labute approximate surface area is 107 Å². The van der Waals surface area contributed by atoms with Crippen molar-refractivity contribution in [3.8, 4) is 6.07 Å². The van der Waals surface area contributed by atoms with Gasteiger partial charge in [0.2, 0.25) is 10.0 Å². The highest BCUT2D eigenvalue weighted by atomic mass is 32.2. The number of nitrogens with zero attached hydrogens (tertiary/aromatic N) is 3. The van der Waals surface area contributed by atoms with E-state index in [1.54, 1.807) is 6.07 Å². The van der Waals surface area contributed by atoms with Crippen molar-refractivity contribution in [3.05, 3.63) is 24.0 Å². The molecule has 1 fully saturated rings. The first-order valence-corrected chi connectivity index (χ1v) is 7.38. The summed E-state index contributed by atoms with van der Waals surface area (Å²) in [7, 11) is -3.61. The molecular weight excluding hydrogens is 250 g/mol. The minimum absolute atomic E-state index is 0.0150. The van der Waals surface area contributed by atoms with Crippen molar-refractivity contribution in [2.75, 3.05) is 6.54 Å². The number of rotatable bonds is 2. The molecule has 0 aromatic carbocycles. The zero-order valence-electron chi connectivity index (χ0n) is 10.2. The summed E-state index contributed by atoms with van der Waals surface area (Å²) in [6, 6.07) is 4.81. The number of pyridine rings is 1. The highest BCUT2D eigenvalue weighted by Crippen LogP contribution is 2.25. The number of hydrogen-bond acceptors (Lipinski definition) is 4. The summed E-state index contributed by atoms with van der Waals surface area (Å²) in [6.45, 7) is 2.42. The third-order valence-electron chi connectivity index (χ3n) is 3.21. The van der Waals surface area contributed by atoms with E-state index < -0.39 is 10.0 Å². The highest BCUT2D eigenvalue weighted by Gasteiger charge is 2.32. The number of nitriles is 1. The molecule has 0 radical (unpaired) electrons. The van der Waals surface area contributed by atoms with Gasteiger partial charge >= 0.3 is 0 Å². The van der Waals surface area contributed by atoms with Crippen LogP contribution in [0.5, 0.6) is 0 Å². The van der Waals surface area contributed by atoms with Crippen LogP contribution in [0.15, 0.2) is 23.2 Å². The highest BCUT2D eigenvalue weighted by molar-refractivity contribution is 7.89. The average molecular weight is 265 g/mol. The lowest BCUT2D eigenvalue weighted by atomic mass is 10.1. The van der Waals surface area contributed by atoms with Gasteiger partial charge in [-0.25, -0.2) is 13.4 Å². The summed E-state index contributed by atoms with van der Waals surface area (Å²) in [5.74, 6) is 0. The van der Waals surface area contributed by atoms with E-state index in [2.05, 4.69) is 4.98 Å². The average Bonchev–Trinajstić information content (AvgIpc) is 2.39. The van der Waals surface area contributed by atoms with Gasteiger partial charge in [-0.2, -0.15) is 9.57 Å². The van der Waals surface area contributed by atoms with Crippen molar-refractivity contribution in [2.24, 2.45) is 0 Å². The minimum Gasteiger partial charge on any atom is -0.244 e. The molecule has 0 N–H and O–H groups in total. The lowest BCUT2D eigenvalue weighted by Gasteiger charge is -2.32. The molecule has 0 aliphatic carbocycles. The zero-order chi connectivity index (χ0) is 13.2.